The van der Waals surface area contributed by atoms with Crippen LogP contribution >= 0.6 is 12.4 Å². The molecule has 0 atom stereocenters. The number of benzene rings is 2. The molecule has 8 heteroatoms. The van der Waals surface area contributed by atoms with Crippen LogP contribution in [0.25, 0.3) is 10.9 Å². The normalized spacial score (nSPS) is 10.6. The topological polar surface area (TPSA) is 98.6 Å². The van der Waals surface area contributed by atoms with Crippen LogP contribution in [0.5, 0.6) is 5.75 Å². The van der Waals surface area contributed by atoms with Crippen LogP contribution in [0.4, 0.5) is 11.5 Å². The molecule has 1 heterocycles. The SMILES string of the molecule is CN(C)CCc1nc(Nc2ccc(O)c(C(=O)O)c2)c2ccccc2n1.Cl. The maximum atomic E-state index is 11.2. The minimum Gasteiger partial charge on any atom is -0.507 e. The number of carbonyl (C=O) groups is 1. The lowest BCUT2D eigenvalue weighted by molar-refractivity contribution is 0.0694. The van der Waals surface area contributed by atoms with Crippen LogP contribution in [-0.2, 0) is 6.42 Å². The van der Waals surface area contributed by atoms with E-state index in [4.69, 9.17) is 0 Å². The van der Waals surface area contributed by atoms with Crippen LogP contribution in [-0.4, -0.2) is 51.7 Å². The fourth-order valence-electron chi connectivity index (χ4n) is 2.58. The number of aromatic nitrogens is 2. The first kappa shape index (κ1) is 20.4. The number of anilines is 2. The predicted octanol–water partition coefficient (Wildman–Crippen LogP) is 3.30. The molecule has 1 aromatic heterocycles. The summed E-state index contributed by atoms with van der Waals surface area (Å²) in [5.74, 6) is -0.156. The molecule has 142 valence electrons. The van der Waals surface area contributed by atoms with Gasteiger partial charge in [-0.3, -0.25) is 0 Å². The lowest BCUT2D eigenvalue weighted by Crippen LogP contribution is -2.16. The largest absolute Gasteiger partial charge is 0.507 e. The van der Waals surface area contributed by atoms with E-state index >= 15 is 0 Å². The van der Waals surface area contributed by atoms with Crippen molar-refractivity contribution >= 4 is 40.8 Å². The number of nitrogens with one attached hydrogen (secondary N) is 1. The standard InChI is InChI=1S/C19H20N4O3.ClH/c1-23(2)10-9-17-21-15-6-4-3-5-13(15)18(22-17)20-12-7-8-16(24)14(11-12)19(25)26;/h3-8,11,24H,9-10H2,1-2H3,(H,25,26)(H,20,21,22);1H. The van der Waals surface area contributed by atoms with Crippen LogP contribution in [0, 0.1) is 0 Å². The number of aromatic hydroxyl groups is 1. The van der Waals surface area contributed by atoms with E-state index in [0.717, 1.165) is 17.4 Å². The molecule has 0 aliphatic carbocycles. The minimum absolute atomic E-state index is 0. The summed E-state index contributed by atoms with van der Waals surface area (Å²) in [7, 11) is 3.98. The quantitative estimate of drug-likeness (QED) is 0.557. The number of phenols is 1. The van der Waals surface area contributed by atoms with Crippen LogP contribution < -0.4 is 5.32 Å². The number of para-hydroxylation sites is 1. The number of likely N-dealkylation sites (N-methyl/N-ethyl adjacent to an activating group) is 1. The van der Waals surface area contributed by atoms with Crippen LogP contribution in [0.2, 0.25) is 0 Å². The molecule has 27 heavy (non-hydrogen) atoms. The first-order valence-corrected chi connectivity index (χ1v) is 8.18. The van der Waals surface area contributed by atoms with E-state index in [9.17, 15) is 15.0 Å². The Hall–Kier alpha value is -2.90. The fourth-order valence-corrected chi connectivity index (χ4v) is 2.58. The number of carboxylic acid groups (broad SMARTS) is 1. The van der Waals surface area contributed by atoms with E-state index in [2.05, 4.69) is 20.2 Å². The highest BCUT2D eigenvalue weighted by Gasteiger charge is 2.12. The van der Waals surface area contributed by atoms with Crippen LogP contribution in [0.3, 0.4) is 0 Å². The number of nitrogens with zero attached hydrogens (tertiary/aromatic N) is 3. The zero-order valence-corrected chi connectivity index (χ0v) is 15.8. The van der Waals surface area contributed by atoms with Gasteiger partial charge in [-0.2, -0.15) is 0 Å². The third-order valence-corrected chi connectivity index (χ3v) is 3.92. The van der Waals surface area contributed by atoms with Crippen molar-refractivity contribution in [2.75, 3.05) is 26.0 Å². The van der Waals surface area contributed by atoms with Gasteiger partial charge in [-0.1, -0.05) is 12.1 Å². The van der Waals surface area contributed by atoms with Gasteiger partial charge in [0.15, 0.2) is 0 Å². The van der Waals surface area contributed by atoms with Crippen molar-refractivity contribution in [3.05, 3.63) is 53.9 Å². The molecule has 0 aliphatic rings. The predicted molar refractivity (Wildman–Crippen MR) is 107 cm³/mol. The number of aromatic carboxylic acids is 1. The zero-order valence-electron chi connectivity index (χ0n) is 15.0. The molecule has 0 unspecified atom stereocenters. The molecule has 0 amide bonds. The average molecular weight is 389 g/mol. The van der Waals surface area contributed by atoms with Crippen molar-refractivity contribution in [2.45, 2.75) is 6.42 Å². The van der Waals surface area contributed by atoms with Gasteiger partial charge in [0.1, 0.15) is 23.0 Å². The number of hydrogen-bond donors (Lipinski definition) is 3. The molecule has 3 rings (SSSR count). The second-order valence-electron chi connectivity index (χ2n) is 6.22. The summed E-state index contributed by atoms with van der Waals surface area (Å²) < 4.78 is 0. The van der Waals surface area contributed by atoms with Crippen molar-refractivity contribution in [2.24, 2.45) is 0 Å². The molecule has 0 spiro atoms. The van der Waals surface area contributed by atoms with E-state index in [-0.39, 0.29) is 23.7 Å². The van der Waals surface area contributed by atoms with Gasteiger partial charge in [-0.05, 0) is 44.4 Å². The number of rotatable bonds is 6. The van der Waals surface area contributed by atoms with Crippen LogP contribution in [0.15, 0.2) is 42.5 Å². The molecule has 0 saturated heterocycles. The summed E-state index contributed by atoms with van der Waals surface area (Å²) >= 11 is 0. The van der Waals surface area contributed by atoms with Gasteiger partial charge in [0.25, 0.3) is 0 Å². The highest BCUT2D eigenvalue weighted by Crippen LogP contribution is 2.27. The molecule has 0 bridgehead atoms. The Bertz CT molecular complexity index is 963. The summed E-state index contributed by atoms with van der Waals surface area (Å²) in [5, 5.41) is 22.8. The second kappa shape index (κ2) is 8.66. The Morgan fingerprint density at radius 3 is 2.59 bits per heavy atom. The first-order valence-electron chi connectivity index (χ1n) is 8.18. The maximum Gasteiger partial charge on any atom is 0.339 e. The smallest absolute Gasteiger partial charge is 0.339 e. The molecule has 0 radical (unpaired) electrons. The van der Waals surface area contributed by atoms with Crippen molar-refractivity contribution in [1.82, 2.24) is 14.9 Å². The van der Waals surface area contributed by atoms with Crippen molar-refractivity contribution < 1.29 is 15.0 Å². The Labute approximate surface area is 163 Å². The Balaban J connectivity index is 0.00000261. The van der Waals surface area contributed by atoms with Crippen molar-refractivity contribution in [1.29, 1.82) is 0 Å². The molecule has 3 N–H and O–H groups in total. The lowest BCUT2D eigenvalue weighted by atomic mass is 10.1. The summed E-state index contributed by atoms with van der Waals surface area (Å²) in [4.78, 5) is 22.5. The van der Waals surface area contributed by atoms with Crippen molar-refractivity contribution in [3.63, 3.8) is 0 Å². The Kier molecular flexibility index (Phi) is 6.55. The summed E-state index contributed by atoms with van der Waals surface area (Å²) in [6.45, 7) is 0.820. The molecule has 0 fully saturated rings. The van der Waals surface area contributed by atoms with E-state index in [1.165, 1.54) is 12.1 Å². The van der Waals surface area contributed by atoms with Crippen LogP contribution in [0.1, 0.15) is 16.2 Å². The highest BCUT2D eigenvalue weighted by atomic mass is 35.5. The summed E-state index contributed by atoms with van der Waals surface area (Å²) in [6.07, 6.45) is 0.697. The van der Waals surface area contributed by atoms with E-state index in [1.807, 2.05) is 38.4 Å². The minimum atomic E-state index is -1.19. The van der Waals surface area contributed by atoms with Crippen molar-refractivity contribution in [3.8, 4) is 5.75 Å². The number of carboxylic acids is 1. The average Bonchev–Trinajstić information content (AvgIpc) is 2.61. The molecular weight excluding hydrogens is 368 g/mol. The fraction of sp³-hybridized carbons (Fsp3) is 0.211. The van der Waals surface area contributed by atoms with E-state index in [0.29, 0.717) is 23.8 Å². The van der Waals surface area contributed by atoms with Gasteiger partial charge >= 0.3 is 5.97 Å². The van der Waals surface area contributed by atoms with E-state index < -0.39 is 5.97 Å². The lowest BCUT2D eigenvalue weighted by Gasteiger charge is -2.13. The van der Waals surface area contributed by atoms with Gasteiger partial charge in [0, 0.05) is 24.0 Å². The van der Waals surface area contributed by atoms with Gasteiger partial charge in [-0.15, -0.1) is 12.4 Å². The summed E-state index contributed by atoms with van der Waals surface area (Å²) in [5.41, 5.74) is 1.18. The third kappa shape index (κ3) is 4.84. The Morgan fingerprint density at radius 1 is 1.15 bits per heavy atom. The van der Waals surface area contributed by atoms with E-state index in [1.54, 1.807) is 6.07 Å². The van der Waals surface area contributed by atoms with Gasteiger partial charge in [0.05, 0.1) is 5.52 Å². The van der Waals surface area contributed by atoms with Gasteiger partial charge < -0.3 is 20.4 Å². The van der Waals surface area contributed by atoms with Gasteiger partial charge in [0.2, 0.25) is 0 Å². The second-order valence-corrected chi connectivity index (χ2v) is 6.22. The first-order chi connectivity index (χ1) is 12.4. The van der Waals surface area contributed by atoms with Gasteiger partial charge in [-0.25, -0.2) is 14.8 Å². The molecule has 7 nitrogen and oxygen atoms in total. The highest BCUT2D eigenvalue weighted by molar-refractivity contribution is 5.94. The summed E-state index contributed by atoms with van der Waals surface area (Å²) in [6, 6.07) is 12.0. The Morgan fingerprint density at radius 2 is 1.89 bits per heavy atom. The molecular formula is C19H21ClN4O3. The maximum absolute atomic E-state index is 11.2. The zero-order chi connectivity index (χ0) is 18.7. The molecule has 0 saturated carbocycles. The third-order valence-electron chi connectivity index (χ3n) is 3.92. The monoisotopic (exact) mass is 388 g/mol. The number of fused-ring (bicyclic) bond motifs is 1. The molecule has 2 aromatic carbocycles. The molecule has 3 aromatic rings. The molecule has 0 aliphatic heterocycles. The number of hydrogen-bond acceptors (Lipinski definition) is 6. The number of halogens is 1.